The zero-order chi connectivity index (χ0) is 16.2. The van der Waals surface area contributed by atoms with E-state index in [1.807, 2.05) is 13.0 Å². The summed E-state index contributed by atoms with van der Waals surface area (Å²) in [5.41, 5.74) is 2.17. The number of carbonyl (C=O) groups excluding carboxylic acids is 2. The third-order valence-corrected chi connectivity index (χ3v) is 5.25. The van der Waals surface area contributed by atoms with Crippen molar-refractivity contribution in [3.8, 4) is 0 Å². The van der Waals surface area contributed by atoms with Crippen LogP contribution in [0, 0.1) is 11.3 Å². The molecule has 0 aromatic rings. The first-order valence-corrected chi connectivity index (χ1v) is 7.45. The number of allylic oxidation sites excluding steroid dienone is 3. The van der Waals surface area contributed by atoms with Crippen LogP contribution in [-0.4, -0.2) is 29.3 Å². The maximum absolute atomic E-state index is 11.7. The lowest BCUT2D eigenvalue weighted by Gasteiger charge is -2.47. The lowest BCUT2D eigenvalue weighted by atomic mass is 9.60. The molecule has 2 aliphatic carbocycles. The summed E-state index contributed by atoms with van der Waals surface area (Å²) in [6.45, 7) is 7.10. The van der Waals surface area contributed by atoms with Crippen molar-refractivity contribution in [3.63, 3.8) is 0 Å². The van der Waals surface area contributed by atoms with Gasteiger partial charge in [0.15, 0.2) is 0 Å². The minimum atomic E-state index is -0.772. The van der Waals surface area contributed by atoms with Crippen molar-refractivity contribution in [3.05, 3.63) is 34.6 Å². The SMILES string of the molecule is CC(=O)OC1C=C2C=C3OC(=O)C(C)=C3CC2(C)C(C)C1O. The van der Waals surface area contributed by atoms with Crippen LogP contribution in [0.2, 0.25) is 0 Å². The summed E-state index contributed by atoms with van der Waals surface area (Å²) < 4.78 is 10.5. The number of hydrogen-bond acceptors (Lipinski definition) is 5. The maximum atomic E-state index is 11.7. The highest BCUT2D eigenvalue weighted by atomic mass is 16.6. The van der Waals surface area contributed by atoms with E-state index in [1.54, 1.807) is 13.0 Å². The fourth-order valence-electron chi connectivity index (χ4n) is 3.55. The molecule has 0 fully saturated rings. The molecule has 5 nitrogen and oxygen atoms in total. The monoisotopic (exact) mass is 304 g/mol. The third-order valence-electron chi connectivity index (χ3n) is 5.25. The first kappa shape index (κ1) is 15.0. The number of aliphatic hydroxyl groups is 1. The van der Waals surface area contributed by atoms with Gasteiger partial charge in [-0.25, -0.2) is 4.79 Å². The van der Waals surface area contributed by atoms with Crippen LogP contribution in [0.1, 0.15) is 34.1 Å². The van der Waals surface area contributed by atoms with Gasteiger partial charge in [0, 0.05) is 23.5 Å². The molecule has 1 N–H and O–H groups in total. The number of carbonyl (C=O) groups is 2. The fraction of sp³-hybridized carbons (Fsp3) is 0.529. The fourth-order valence-corrected chi connectivity index (χ4v) is 3.55. The van der Waals surface area contributed by atoms with E-state index >= 15 is 0 Å². The first-order valence-electron chi connectivity index (χ1n) is 7.45. The number of hydrogen-bond donors (Lipinski definition) is 1. The molecule has 118 valence electrons. The van der Waals surface area contributed by atoms with Crippen molar-refractivity contribution < 1.29 is 24.2 Å². The van der Waals surface area contributed by atoms with Crippen molar-refractivity contribution in [2.45, 2.75) is 46.3 Å². The molecule has 3 rings (SSSR count). The number of fused-ring (bicyclic) bond motifs is 2. The average molecular weight is 304 g/mol. The van der Waals surface area contributed by atoms with Gasteiger partial charge in [-0.2, -0.15) is 0 Å². The zero-order valence-electron chi connectivity index (χ0n) is 13.2. The topological polar surface area (TPSA) is 72.8 Å². The van der Waals surface area contributed by atoms with Crippen LogP contribution in [0.5, 0.6) is 0 Å². The van der Waals surface area contributed by atoms with Crippen LogP contribution in [0.4, 0.5) is 0 Å². The Balaban J connectivity index is 2.08. The minimum Gasteiger partial charge on any atom is -0.456 e. The van der Waals surface area contributed by atoms with Crippen LogP contribution >= 0.6 is 0 Å². The van der Waals surface area contributed by atoms with E-state index in [0.717, 1.165) is 11.1 Å². The van der Waals surface area contributed by atoms with Gasteiger partial charge in [-0.3, -0.25) is 4.79 Å². The van der Waals surface area contributed by atoms with E-state index in [0.29, 0.717) is 17.8 Å². The van der Waals surface area contributed by atoms with E-state index in [9.17, 15) is 14.7 Å². The molecule has 22 heavy (non-hydrogen) atoms. The smallest absolute Gasteiger partial charge is 0.339 e. The highest BCUT2D eigenvalue weighted by molar-refractivity contribution is 5.94. The molecule has 0 saturated heterocycles. The summed E-state index contributed by atoms with van der Waals surface area (Å²) in [7, 11) is 0. The molecule has 0 spiro atoms. The minimum absolute atomic E-state index is 0.120. The molecule has 4 atom stereocenters. The van der Waals surface area contributed by atoms with E-state index in [-0.39, 0.29) is 17.3 Å². The van der Waals surface area contributed by atoms with Gasteiger partial charge in [-0.05, 0) is 37.0 Å². The zero-order valence-corrected chi connectivity index (χ0v) is 13.2. The van der Waals surface area contributed by atoms with Crippen molar-refractivity contribution in [2.24, 2.45) is 11.3 Å². The molecule has 0 amide bonds. The molecule has 0 bridgehead atoms. The summed E-state index contributed by atoms with van der Waals surface area (Å²) in [4.78, 5) is 23.0. The van der Waals surface area contributed by atoms with Gasteiger partial charge >= 0.3 is 11.9 Å². The van der Waals surface area contributed by atoms with Crippen LogP contribution in [-0.2, 0) is 19.1 Å². The summed E-state index contributed by atoms with van der Waals surface area (Å²) in [5, 5.41) is 10.5. The Hall–Kier alpha value is -1.88. The third kappa shape index (κ3) is 2.03. The molecule has 0 radical (unpaired) electrons. The average Bonchev–Trinajstić information content (AvgIpc) is 2.70. The quantitative estimate of drug-likeness (QED) is 0.750. The molecular weight excluding hydrogens is 284 g/mol. The van der Waals surface area contributed by atoms with Crippen LogP contribution in [0.15, 0.2) is 34.6 Å². The molecule has 0 saturated carbocycles. The standard InChI is InChI=1S/C17H20O5/c1-8-12-7-17(4)9(2)15(19)14(21-10(3)18)6-11(17)5-13(12)22-16(8)20/h5-6,9,14-15,19H,7H2,1-4H3. The molecule has 1 aliphatic heterocycles. The van der Waals surface area contributed by atoms with Gasteiger partial charge in [-0.15, -0.1) is 0 Å². The van der Waals surface area contributed by atoms with E-state index in [4.69, 9.17) is 9.47 Å². The number of aliphatic hydroxyl groups excluding tert-OH is 1. The normalized spacial score (nSPS) is 37.0. The Kier molecular flexibility index (Phi) is 3.29. The second-order valence-electron chi connectivity index (χ2n) is 6.57. The predicted octanol–water partition coefficient (Wildman–Crippen LogP) is 2.02. The number of rotatable bonds is 1. The Bertz CT molecular complexity index is 654. The van der Waals surface area contributed by atoms with Crippen LogP contribution in [0.25, 0.3) is 0 Å². The first-order chi connectivity index (χ1) is 10.2. The van der Waals surface area contributed by atoms with Crippen molar-refractivity contribution in [2.75, 3.05) is 0 Å². The Morgan fingerprint density at radius 3 is 2.82 bits per heavy atom. The lowest BCUT2D eigenvalue weighted by molar-refractivity contribution is -0.153. The molecule has 1 heterocycles. The van der Waals surface area contributed by atoms with Gasteiger partial charge in [0.05, 0.1) is 6.10 Å². The van der Waals surface area contributed by atoms with Gasteiger partial charge < -0.3 is 14.6 Å². The number of ether oxygens (including phenoxy) is 2. The molecule has 0 aromatic heterocycles. The van der Waals surface area contributed by atoms with Gasteiger partial charge in [0.2, 0.25) is 0 Å². The predicted molar refractivity (Wildman–Crippen MR) is 78.4 cm³/mol. The number of esters is 2. The Morgan fingerprint density at radius 2 is 2.18 bits per heavy atom. The van der Waals surface area contributed by atoms with E-state index in [1.165, 1.54) is 6.92 Å². The lowest BCUT2D eigenvalue weighted by Crippen LogP contribution is -2.48. The molecule has 5 heteroatoms. The Labute approximate surface area is 129 Å². The second-order valence-corrected chi connectivity index (χ2v) is 6.57. The summed E-state index contributed by atoms with van der Waals surface area (Å²) in [5.74, 6) is -0.278. The summed E-state index contributed by atoms with van der Waals surface area (Å²) in [6, 6.07) is 0. The summed E-state index contributed by atoms with van der Waals surface area (Å²) in [6.07, 6.45) is 2.80. The maximum Gasteiger partial charge on any atom is 0.339 e. The van der Waals surface area contributed by atoms with Crippen LogP contribution in [0.3, 0.4) is 0 Å². The van der Waals surface area contributed by atoms with E-state index < -0.39 is 18.2 Å². The highest BCUT2D eigenvalue weighted by Crippen LogP contribution is 2.53. The largest absolute Gasteiger partial charge is 0.456 e. The second kappa shape index (κ2) is 4.81. The van der Waals surface area contributed by atoms with Crippen molar-refractivity contribution in [1.82, 2.24) is 0 Å². The highest BCUT2D eigenvalue weighted by Gasteiger charge is 2.49. The Morgan fingerprint density at radius 1 is 1.50 bits per heavy atom. The van der Waals surface area contributed by atoms with Crippen molar-refractivity contribution in [1.29, 1.82) is 0 Å². The van der Waals surface area contributed by atoms with Gasteiger partial charge in [0.25, 0.3) is 0 Å². The molecule has 4 unspecified atom stereocenters. The molecule has 0 aromatic carbocycles. The molecule has 3 aliphatic rings. The molecular formula is C17H20O5. The van der Waals surface area contributed by atoms with E-state index in [2.05, 4.69) is 6.92 Å². The van der Waals surface area contributed by atoms with Crippen LogP contribution < -0.4 is 0 Å². The van der Waals surface area contributed by atoms with Crippen molar-refractivity contribution >= 4 is 11.9 Å². The van der Waals surface area contributed by atoms with Gasteiger partial charge in [0.1, 0.15) is 11.9 Å². The van der Waals surface area contributed by atoms with Gasteiger partial charge in [-0.1, -0.05) is 13.8 Å². The summed E-state index contributed by atoms with van der Waals surface area (Å²) >= 11 is 0.